The summed E-state index contributed by atoms with van der Waals surface area (Å²) in [6.07, 6.45) is 2.73. The molecule has 0 aromatic carbocycles. The quantitative estimate of drug-likeness (QED) is 0.482. The first-order chi connectivity index (χ1) is 15.1. The maximum absolute atomic E-state index is 12.8. The number of amides is 1. The third-order valence-corrected chi connectivity index (χ3v) is 7.45. The fourth-order valence-electron chi connectivity index (χ4n) is 3.87. The number of aromatic nitrogens is 3. The molecule has 3 aromatic heterocycles. The van der Waals surface area contributed by atoms with E-state index < -0.39 is 5.97 Å². The van der Waals surface area contributed by atoms with E-state index >= 15 is 0 Å². The van der Waals surface area contributed by atoms with Crippen LogP contribution in [-0.4, -0.2) is 44.7 Å². The maximum atomic E-state index is 12.8. The molecule has 1 aliphatic heterocycles. The normalized spacial score (nSPS) is 13.3. The summed E-state index contributed by atoms with van der Waals surface area (Å²) < 4.78 is 7.17. The SMILES string of the molecule is CCOC(=O)c1nn(CCc2scnc2C)c2c1CN(C(=O)CCc1cccs1)CC2. The van der Waals surface area contributed by atoms with Gasteiger partial charge in [-0.25, -0.2) is 9.78 Å². The highest BCUT2D eigenvalue weighted by Crippen LogP contribution is 2.25. The Morgan fingerprint density at radius 1 is 1.26 bits per heavy atom. The number of carbonyl (C=O) groups is 2. The van der Waals surface area contributed by atoms with Gasteiger partial charge < -0.3 is 9.64 Å². The van der Waals surface area contributed by atoms with Crippen LogP contribution < -0.4 is 0 Å². The van der Waals surface area contributed by atoms with Crippen molar-refractivity contribution in [3.8, 4) is 0 Å². The zero-order valence-corrected chi connectivity index (χ0v) is 19.4. The molecule has 4 heterocycles. The van der Waals surface area contributed by atoms with E-state index in [1.165, 1.54) is 9.75 Å². The summed E-state index contributed by atoms with van der Waals surface area (Å²) in [7, 11) is 0. The molecule has 0 saturated heterocycles. The number of carbonyl (C=O) groups excluding carboxylic acids is 2. The topological polar surface area (TPSA) is 77.3 Å². The predicted octanol–water partition coefficient (Wildman–Crippen LogP) is 3.65. The van der Waals surface area contributed by atoms with Gasteiger partial charge in [0.1, 0.15) is 0 Å². The van der Waals surface area contributed by atoms with Crippen molar-refractivity contribution in [3.05, 3.63) is 55.4 Å². The van der Waals surface area contributed by atoms with Crippen LogP contribution in [0.1, 0.15) is 50.5 Å². The van der Waals surface area contributed by atoms with Gasteiger partial charge in [0.05, 0.1) is 17.8 Å². The Morgan fingerprint density at radius 2 is 2.13 bits per heavy atom. The van der Waals surface area contributed by atoms with E-state index in [1.807, 2.05) is 33.5 Å². The number of hydrogen-bond donors (Lipinski definition) is 0. The average molecular weight is 459 g/mol. The summed E-state index contributed by atoms with van der Waals surface area (Å²) in [4.78, 5) is 34.0. The van der Waals surface area contributed by atoms with E-state index in [0.717, 1.165) is 29.8 Å². The number of fused-ring (bicyclic) bond motifs is 1. The molecule has 31 heavy (non-hydrogen) atoms. The van der Waals surface area contributed by atoms with Crippen molar-refractivity contribution in [1.82, 2.24) is 19.7 Å². The molecule has 4 rings (SSSR count). The third kappa shape index (κ3) is 4.88. The molecule has 0 bridgehead atoms. The Morgan fingerprint density at radius 3 is 2.84 bits per heavy atom. The van der Waals surface area contributed by atoms with Crippen molar-refractivity contribution < 1.29 is 14.3 Å². The van der Waals surface area contributed by atoms with Crippen LogP contribution in [0.2, 0.25) is 0 Å². The van der Waals surface area contributed by atoms with Crippen molar-refractivity contribution in [3.63, 3.8) is 0 Å². The van der Waals surface area contributed by atoms with Crippen molar-refractivity contribution in [2.45, 2.75) is 52.6 Å². The van der Waals surface area contributed by atoms with Crippen molar-refractivity contribution in [2.75, 3.05) is 13.2 Å². The fourth-order valence-corrected chi connectivity index (χ4v) is 5.35. The van der Waals surface area contributed by atoms with E-state index in [0.29, 0.717) is 44.8 Å². The van der Waals surface area contributed by atoms with E-state index in [4.69, 9.17) is 4.74 Å². The number of thiazole rings is 1. The van der Waals surface area contributed by atoms with Gasteiger partial charge in [0.15, 0.2) is 5.69 Å². The first-order valence-electron chi connectivity index (χ1n) is 10.5. The minimum Gasteiger partial charge on any atom is -0.461 e. The third-order valence-electron chi connectivity index (χ3n) is 5.52. The molecule has 9 heteroatoms. The molecule has 0 radical (unpaired) electrons. The molecule has 0 spiro atoms. The summed E-state index contributed by atoms with van der Waals surface area (Å²) in [6.45, 7) is 5.82. The monoisotopic (exact) mass is 458 g/mol. The van der Waals surface area contributed by atoms with E-state index in [9.17, 15) is 9.59 Å². The van der Waals surface area contributed by atoms with Crippen molar-refractivity contribution in [2.24, 2.45) is 0 Å². The van der Waals surface area contributed by atoms with Crippen LogP contribution in [0.15, 0.2) is 23.0 Å². The summed E-state index contributed by atoms with van der Waals surface area (Å²) >= 11 is 3.31. The number of esters is 1. The van der Waals surface area contributed by atoms with Crippen molar-refractivity contribution in [1.29, 1.82) is 0 Å². The van der Waals surface area contributed by atoms with Gasteiger partial charge in [-0.15, -0.1) is 22.7 Å². The molecule has 7 nitrogen and oxygen atoms in total. The Balaban J connectivity index is 1.51. The largest absolute Gasteiger partial charge is 0.461 e. The van der Waals surface area contributed by atoms with Crippen LogP contribution >= 0.6 is 22.7 Å². The minimum absolute atomic E-state index is 0.113. The van der Waals surface area contributed by atoms with Gasteiger partial charge in [0.25, 0.3) is 0 Å². The number of nitrogens with zero attached hydrogens (tertiary/aromatic N) is 4. The van der Waals surface area contributed by atoms with Gasteiger partial charge in [-0.3, -0.25) is 9.48 Å². The second-order valence-electron chi connectivity index (χ2n) is 7.47. The van der Waals surface area contributed by atoms with Gasteiger partial charge in [-0.1, -0.05) is 6.07 Å². The lowest BCUT2D eigenvalue weighted by Gasteiger charge is -2.28. The highest BCUT2D eigenvalue weighted by molar-refractivity contribution is 7.10. The minimum atomic E-state index is -0.417. The predicted molar refractivity (Wildman–Crippen MR) is 120 cm³/mol. The van der Waals surface area contributed by atoms with Gasteiger partial charge >= 0.3 is 5.97 Å². The lowest BCUT2D eigenvalue weighted by molar-refractivity contribution is -0.132. The highest BCUT2D eigenvalue weighted by Gasteiger charge is 2.30. The van der Waals surface area contributed by atoms with Gasteiger partial charge in [-0.2, -0.15) is 5.10 Å². The van der Waals surface area contributed by atoms with Crippen LogP contribution in [0.4, 0.5) is 0 Å². The first kappa shape index (κ1) is 21.7. The Kier molecular flexibility index (Phi) is 6.82. The summed E-state index contributed by atoms with van der Waals surface area (Å²) in [5.41, 5.74) is 5.10. The smallest absolute Gasteiger partial charge is 0.359 e. The summed E-state index contributed by atoms with van der Waals surface area (Å²) in [5, 5.41) is 6.64. The molecule has 3 aromatic rings. The Hall–Kier alpha value is -2.52. The Bertz CT molecular complexity index is 1060. The van der Waals surface area contributed by atoms with Crippen LogP contribution in [0.3, 0.4) is 0 Å². The van der Waals surface area contributed by atoms with E-state index in [1.54, 1.807) is 29.6 Å². The lowest BCUT2D eigenvalue weighted by atomic mass is 10.0. The molecule has 1 aliphatic rings. The maximum Gasteiger partial charge on any atom is 0.359 e. The molecular weight excluding hydrogens is 432 g/mol. The van der Waals surface area contributed by atoms with Gasteiger partial charge in [0, 0.05) is 59.9 Å². The second kappa shape index (κ2) is 9.74. The van der Waals surface area contributed by atoms with E-state index in [-0.39, 0.29) is 5.91 Å². The van der Waals surface area contributed by atoms with Crippen LogP contribution in [-0.2, 0) is 41.9 Å². The zero-order valence-electron chi connectivity index (χ0n) is 17.8. The number of hydrogen-bond acceptors (Lipinski definition) is 7. The van der Waals surface area contributed by atoms with Gasteiger partial charge in [0.2, 0.25) is 5.91 Å². The molecule has 0 saturated carbocycles. The molecule has 0 atom stereocenters. The first-order valence-corrected chi connectivity index (χ1v) is 12.3. The van der Waals surface area contributed by atoms with Crippen LogP contribution in [0, 0.1) is 6.92 Å². The standard InChI is InChI=1S/C22H26N4O3S2/c1-3-29-22(28)21-17-13-25(20(27)7-6-16-5-4-12-30-16)10-8-18(17)26(24-21)11-9-19-15(2)23-14-31-19/h4-5,12,14H,3,6-11,13H2,1-2H3. The summed E-state index contributed by atoms with van der Waals surface area (Å²) in [5.74, 6) is -0.304. The number of aryl methyl sites for hydroxylation is 4. The highest BCUT2D eigenvalue weighted by atomic mass is 32.1. The van der Waals surface area contributed by atoms with Crippen LogP contribution in [0.25, 0.3) is 0 Å². The fraction of sp³-hybridized carbons (Fsp3) is 0.455. The lowest BCUT2D eigenvalue weighted by Crippen LogP contribution is -2.37. The molecule has 0 fully saturated rings. The zero-order chi connectivity index (χ0) is 21.8. The van der Waals surface area contributed by atoms with Crippen molar-refractivity contribution >= 4 is 34.6 Å². The number of ether oxygens (including phenoxy) is 1. The Labute approximate surface area is 189 Å². The average Bonchev–Trinajstić information content (AvgIpc) is 3.50. The molecule has 1 amide bonds. The van der Waals surface area contributed by atoms with E-state index in [2.05, 4.69) is 16.1 Å². The van der Waals surface area contributed by atoms with Gasteiger partial charge in [-0.05, 0) is 31.7 Å². The molecule has 164 valence electrons. The molecular formula is C22H26N4O3S2. The molecule has 0 unspecified atom stereocenters. The summed E-state index contributed by atoms with van der Waals surface area (Å²) in [6, 6.07) is 4.06. The van der Waals surface area contributed by atoms with Crippen LogP contribution in [0.5, 0.6) is 0 Å². The number of rotatable bonds is 8. The second-order valence-corrected chi connectivity index (χ2v) is 9.44. The molecule has 0 aliphatic carbocycles. The number of thiophene rings is 1. The molecule has 0 N–H and O–H groups in total.